The van der Waals surface area contributed by atoms with Gasteiger partial charge in [-0.15, -0.1) is 44.6 Å². The van der Waals surface area contributed by atoms with Crippen molar-refractivity contribution >= 4 is 30.2 Å². The predicted octanol–water partition coefficient (Wildman–Crippen LogP) is 7.74. The molecule has 0 saturated heterocycles. The number of rotatable bonds is 0. The maximum absolute atomic E-state index is 3.19. The van der Waals surface area contributed by atoms with Crippen molar-refractivity contribution < 1.29 is 23.3 Å². The largest absolute Gasteiger partial charge is 0.147 e. The van der Waals surface area contributed by atoms with Gasteiger partial charge in [-0.05, 0) is 0 Å². The second-order valence-electron chi connectivity index (χ2n) is 7.06. The van der Waals surface area contributed by atoms with E-state index >= 15 is 0 Å². The summed E-state index contributed by atoms with van der Waals surface area (Å²) in [4.78, 5) is 0. The van der Waals surface area contributed by atoms with Gasteiger partial charge in [-0.25, -0.2) is 34.9 Å². The van der Waals surface area contributed by atoms with Gasteiger partial charge in [-0.3, -0.25) is 18.2 Å². The molecule has 0 saturated carbocycles. The molecule has 0 aromatic rings. The van der Waals surface area contributed by atoms with Gasteiger partial charge in [0.25, 0.3) is 0 Å². The van der Waals surface area contributed by atoms with Crippen molar-refractivity contribution in [2.24, 2.45) is 5.92 Å². The molecule has 3 rings (SSSR count). The quantitative estimate of drug-likeness (QED) is 0.235. The zero-order chi connectivity index (χ0) is 19.4. The number of hydrogen-bond acceptors (Lipinski definition) is 0. The van der Waals surface area contributed by atoms with Crippen molar-refractivity contribution in [2.45, 2.75) is 67.5 Å². The van der Waals surface area contributed by atoms with Crippen LogP contribution in [0, 0.1) is 24.1 Å². The van der Waals surface area contributed by atoms with Crippen LogP contribution < -0.4 is 0 Å². The van der Waals surface area contributed by atoms with E-state index in [4.69, 9.17) is 0 Å². The van der Waals surface area contributed by atoms with E-state index in [1.807, 2.05) is 6.08 Å². The molecule has 1 unspecified atom stereocenters. The molecule has 152 valence electrons. The fraction of sp³-hybridized carbons (Fsp3) is 0.478. The minimum Gasteiger partial charge on any atom is -0.147 e. The topological polar surface area (TPSA) is 0 Å². The van der Waals surface area contributed by atoms with Gasteiger partial charge in [-0.2, -0.15) is 17.2 Å². The van der Waals surface area contributed by atoms with Crippen LogP contribution in [-0.4, -0.2) is 5.43 Å². The van der Waals surface area contributed by atoms with Gasteiger partial charge in [0.2, 0.25) is 0 Å². The third kappa shape index (κ3) is 20.7. The van der Waals surface area contributed by atoms with Gasteiger partial charge in [0, 0.05) is 0 Å². The molecule has 0 bridgehead atoms. The Labute approximate surface area is 196 Å². The maximum Gasteiger partial charge on any atom is -0.147 e. The molecule has 0 aromatic heterocycles. The Kier molecular flexibility index (Phi) is 21.4. The van der Waals surface area contributed by atoms with Gasteiger partial charge in [0.05, 0.1) is 0 Å². The molecule has 0 N–H and O–H groups in total. The van der Waals surface area contributed by atoms with E-state index in [2.05, 4.69) is 91.1 Å². The van der Waals surface area contributed by atoms with E-state index in [0.29, 0.717) is 5.92 Å². The fourth-order valence-corrected chi connectivity index (χ4v) is 2.25. The van der Waals surface area contributed by atoms with Crippen molar-refractivity contribution in [3.8, 4) is 0 Å². The maximum atomic E-state index is 3.19. The summed E-state index contributed by atoms with van der Waals surface area (Å²) in [5, 5.41) is 0. The van der Waals surface area contributed by atoms with Crippen LogP contribution in [0.3, 0.4) is 0 Å². The minimum atomic E-state index is 0. The Morgan fingerprint density at radius 3 is 1.33 bits per heavy atom. The van der Waals surface area contributed by atoms with Crippen LogP contribution in [0.5, 0.6) is 0 Å². The van der Waals surface area contributed by atoms with Crippen LogP contribution in [0.2, 0.25) is 13.1 Å². The normalized spacial score (nSPS) is 18.2. The molecular weight excluding hydrogens is 466 g/mol. The Balaban J connectivity index is -0.000000283. The van der Waals surface area contributed by atoms with Crippen LogP contribution in [0.4, 0.5) is 0 Å². The summed E-state index contributed by atoms with van der Waals surface area (Å²) in [6.45, 7) is 17.3. The monoisotopic (exact) mass is 499 g/mol. The number of allylic oxidation sites excluding steroid dienone is 12. The Hall–Kier alpha value is 0.120. The molecule has 0 fully saturated rings. The standard InChI is InChI=1S/3C7H9.C2H6Si.2ClH.Zr/c3*1-6-3-4-7(2)5-6;1-3-2;;;/h2*5H,3H2,1-2H3;3,5,7H,1-2H3;1-2H3;2*1H;/q3*-1;;;;. The molecule has 3 aliphatic rings. The predicted molar refractivity (Wildman–Crippen MR) is 124 cm³/mol. The molecular formula is C23H35Cl2SiZr-3. The molecule has 0 radical (unpaired) electrons. The first-order chi connectivity index (χ1) is 11.6. The number of hydrogen-bond donors (Lipinski definition) is 0. The molecule has 4 heteroatoms. The third-order valence-electron chi connectivity index (χ3n) is 3.30. The Bertz CT molecular complexity index is 597. The van der Waals surface area contributed by atoms with Crippen molar-refractivity contribution in [1.29, 1.82) is 0 Å². The fourth-order valence-electron chi connectivity index (χ4n) is 2.25. The molecule has 0 aliphatic heterocycles. The van der Waals surface area contributed by atoms with Crippen LogP contribution in [0.1, 0.15) is 54.4 Å². The van der Waals surface area contributed by atoms with Crippen LogP contribution >= 0.6 is 24.8 Å². The van der Waals surface area contributed by atoms with Gasteiger partial charge in [0.15, 0.2) is 0 Å². The van der Waals surface area contributed by atoms with Crippen LogP contribution in [-0.2, 0) is 23.3 Å². The van der Waals surface area contributed by atoms with Crippen LogP contribution in [0.15, 0.2) is 52.2 Å². The summed E-state index contributed by atoms with van der Waals surface area (Å²) in [7, 11) is 0. The number of halogens is 2. The summed E-state index contributed by atoms with van der Waals surface area (Å²) < 4.78 is 0. The molecule has 1 atom stereocenters. The first kappa shape index (κ1) is 31.8. The van der Waals surface area contributed by atoms with Crippen molar-refractivity contribution in [3.05, 3.63) is 70.4 Å². The van der Waals surface area contributed by atoms with Crippen molar-refractivity contribution in [1.82, 2.24) is 0 Å². The molecule has 3 aliphatic carbocycles. The van der Waals surface area contributed by atoms with E-state index in [1.54, 1.807) is 23.3 Å². The Morgan fingerprint density at radius 2 is 1.26 bits per heavy atom. The van der Waals surface area contributed by atoms with E-state index < -0.39 is 0 Å². The van der Waals surface area contributed by atoms with E-state index in [1.165, 1.54) is 27.9 Å². The van der Waals surface area contributed by atoms with Gasteiger partial charge in [-0.1, -0.05) is 40.5 Å². The smallest absolute Gasteiger partial charge is 0.147 e. The summed E-state index contributed by atoms with van der Waals surface area (Å²) >= 11 is 1.74. The second-order valence-corrected chi connectivity index (χ2v) is 16.4. The van der Waals surface area contributed by atoms with E-state index in [9.17, 15) is 0 Å². The molecule has 0 aromatic carbocycles. The van der Waals surface area contributed by atoms with E-state index in [0.717, 1.165) is 12.8 Å². The van der Waals surface area contributed by atoms with E-state index in [-0.39, 0.29) is 30.2 Å². The zero-order valence-corrected chi connectivity index (χ0v) is 23.2. The summed E-state index contributed by atoms with van der Waals surface area (Å²) in [5.41, 5.74) is 6.99. The van der Waals surface area contributed by atoms with Gasteiger partial charge < -0.3 is 0 Å². The first-order valence-corrected chi connectivity index (χ1v) is 15.1. The Morgan fingerprint density at radius 1 is 0.889 bits per heavy atom. The van der Waals surface area contributed by atoms with Crippen molar-refractivity contribution in [3.63, 3.8) is 0 Å². The SMILES string of the molecule is CC1=CC(C)[C-]=C1.CC1=[C-]CC(C)=C1.CC1=[C-]CC(C)=C1.C[Si](C)=[Zr].Cl.Cl. The van der Waals surface area contributed by atoms with Crippen molar-refractivity contribution in [2.75, 3.05) is 0 Å². The van der Waals surface area contributed by atoms with Crippen LogP contribution in [0.25, 0.3) is 0 Å². The van der Waals surface area contributed by atoms with Gasteiger partial charge >= 0.3 is 41.9 Å². The second kappa shape index (κ2) is 18.2. The summed E-state index contributed by atoms with van der Waals surface area (Å²) in [6, 6.07) is 0. The average Bonchev–Trinajstić information content (AvgIpc) is 3.15. The summed E-state index contributed by atoms with van der Waals surface area (Å²) in [6.07, 6.45) is 20.2. The summed E-state index contributed by atoms with van der Waals surface area (Å²) in [5.74, 6) is 0.556. The average molecular weight is 502 g/mol. The molecule has 0 spiro atoms. The molecule has 0 amide bonds. The van der Waals surface area contributed by atoms with Gasteiger partial charge in [0.1, 0.15) is 0 Å². The molecule has 27 heavy (non-hydrogen) atoms. The molecule has 0 nitrogen and oxygen atoms in total. The third-order valence-corrected chi connectivity index (χ3v) is 3.30. The molecule has 0 heterocycles. The first-order valence-electron chi connectivity index (χ1n) is 8.88. The minimum absolute atomic E-state index is 0. The zero-order valence-electron chi connectivity index (χ0n) is 18.1.